The molecule has 3 N–H and O–H groups in total. The summed E-state index contributed by atoms with van der Waals surface area (Å²) in [5.41, 5.74) is 3.64. The molecule has 4 rings (SSSR count). The maximum absolute atomic E-state index is 11.3. The Bertz CT molecular complexity index is 1170. The molecule has 10 heteroatoms. The van der Waals surface area contributed by atoms with Gasteiger partial charge >= 0.3 is 0 Å². The second kappa shape index (κ2) is 8.58. The first-order chi connectivity index (χ1) is 14.6. The lowest BCUT2D eigenvalue weighted by Gasteiger charge is -2.06. The largest absolute Gasteiger partial charge is 0.323 e. The number of aromatic nitrogens is 6. The van der Waals surface area contributed by atoms with Gasteiger partial charge in [0.15, 0.2) is 0 Å². The van der Waals surface area contributed by atoms with Gasteiger partial charge in [0.2, 0.25) is 11.9 Å². The summed E-state index contributed by atoms with van der Waals surface area (Å²) in [4.78, 5) is 20.0. The molecule has 1 amide bonds. The van der Waals surface area contributed by atoms with E-state index in [0.717, 1.165) is 11.3 Å². The summed E-state index contributed by atoms with van der Waals surface area (Å²) in [5, 5.41) is 17.4. The van der Waals surface area contributed by atoms with E-state index >= 15 is 0 Å². The molecule has 4 aromatic rings. The summed E-state index contributed by atoms with van der Waals surface area (Å²) in [6, 6.07) is 9.29. The van der Waals surface area contributed by atoms with E-state index in [1.807, 2.05) is 30.5 Å². The molecule has 0 bridgehead atoms. The molecule has 9 nitrogen and oxygen atoms in total. The van der Waals surface area contributed by atoms with Crippen LogP contribution in [0.1, 0.15) is 5.56 Å². The van der Waals surface area contributed by atoms with Crippen LogP contribution in [0.3, 0.4) is 0 Å². The van der Waals surface area contributed by atoms with Crippen LogP contribution in [0.25, 0.3) is 11.4 Å². The minimum atomic E-state index is -0.245. The van der Waals surface area contributed by atoms with E-state index < -0.39 is 0 Å². The van der Waals surface area contributed by atoms with Crippen molar-refractivity contribution >= 4 is 34.8 Å². The van der Waals surface area contributed by atoms with Crippen LogP contribution in [0.5, 0.6) is 0 Å². The van der Waals surface area contributed by atoms with Crippen LogP contribution < -0.4 is 10.6 Å². The van der Waals surface area contributed by atoms with E-state index in [1.54, 1.807) is 23.1 Å². The van der Waals surface area contributed by atoms with E-state index in [9.17, 15) is 4.79 Å². The zero-order valence-electron chi connectivity index (χ0n) is 15.7. The van der Waals surface area contributed by atoms with Gasteiger partial charge in [-0.2, -0.15) is 10.2 Å². The van der Waals surface area contributed by atoms with Crippen LogP contribution in [0, 0.1) is 0 Å². The van der Waals surface area contributed by atoms with Crippen molar-refractivity contribution in [1.29, 1.82) is 0 Å². The van der Waals surface area contributed by atoms with E-state index in [4.69, 9.17) is 11.6 Å². The molecule has 30 heavy (non-hydrogen) atoms. The molecule has 0 aliphatic rings. The topological polar surface area (TPSA) is 113 Å². The predicted octanol–water partition coefficient (Wildman–Crippen LogP) is 3.63. The number of halogens is 1. The molecule has 3 heterocycles. The van der Waals surface area contributed by atoms with Crippen LogP contribution in [0.15, 0.2) is 67.8 Å². The van der Waals surface area contributed by atoms with Crippen LogP contribution in [-0.4, -0.2) is 35.9 Å². The van der Waals surface area contributed by atoms with Crippen molar-refractivity contribution in [2.45, 2.75) is 6.54 Å². The zero-order valence-corrected chi connectivity index (χ0v) is 16.5. The standard InChI is InChI=1S/C20H17ClN8O/c1-2-18(30)25-14-5-3-13(4-6-14)11-29-12-15(9-24-29)26-20-22-10-16(21)19(27-20)17-7-8-23-28-17/h2-10,12H,1,11H2,(H,23,28)(H,25,30)(H,22,26,27). The van der Waals surface area contributed by atoms with Crippen LogP contribution in [0.2, 0.25) is 5.02 Å². The second-order valence-electron chi connectivity index (χ2n) is 6.29. The summed E-state index contributed by atoms with van der Waals surface area (Å²) in [6.07, 6.45) is 7.99. The molecule has 0 radical (unpaired) electrons. The van der Waals surface area contributed by atoms with Crippen molar-refractivity contribution in [3.63, 3.8) is 0 Å². The van der Waals surface area contributed by atoms with Crippen molar-refractivity contribution in [1.82, 2.24) is 29.9 Å². The van der Waals surface area contributed by atoms with Crippen molar-refractivity contribution in [2.75, 3.05) is 10.6 Å². The van der Waals surface area contributed by atoms with E-state index in [1.165, 1.54) is 12.3 Å². The zero-order chi connectivity index (χ0) is 20.9. The van der Waals surface area contributed by atoms with Gasteiger partial charge in [-0.15, -0.1) is 0 Å². The minimum absolute atomic E-state index is 0.245. The fraction of sp³-hybridized carbons (Fsp3) is 0.0500. The molecule has 3 aromatic heterocycles. The first-order valence-corrected chi connectivity index (χ1v) is 9.33. The molecule has 0 fully saturated rings. The lowest BCUT2D eigenvalue weighted by atomic mass is 10.2. The number of carbonyl (C=O) groups excluding carboxylic acids is 1. The SMILES string of the molecule is C=CC(=O)Nc1ccc(Cn2cc(Nc3ncc(Cl)c(-c4cc[nH]n4)n3)cn2)cc1. The lowest BCUT2D eigenvalue weighted by molar-refractivity contribution is -0.111. The summed E-state index contributed by atoms with van der Waals surface area (Å²) >= 11 is 6.18. The maximum atomic E-state index is 11.3. The fourth-order valence-electron chi connectivity index (χ4n) is 2.72. The van der Waals surface area contributed by atoms with Crippen molar-refractivity contribution in [2.24, 2.45) is 0 Å². The Balaban J connectivity index is 1.43. The van der Waals surface area contributed by atoms with Gasteiger partial charge in [-0.1, -0.05) is 30.3 Å². The number of amides is 1. The molecule has 0 spiro atoms. The number of H-pyrrole nitrogens is 1. The number of anilines is 3. The normalized spacial score (nSPS) is 10.6. The smallest absolute Gasteiger partial charge is 0.247 e. The molecule has 0 aliphatic carbocycles. The quantitative estimate of drug-likeness (QED) is 0.393. The summed E-state index contributed by atoms with van der Waals surface area (Å²) in [5.74, 6) is 0.143. The Morgan fingerprint density at radius 3 is 2.77 bits per heavy atom. The number of rotatable bonds is 7. The van der Waals surface area contributed by atoms with Gasteiger partial charge in [-0.3, -0.25) is 14.6 Å². The van der Waals surface area contributed by atoms with Gasteiger partial charge in [0.1, 0.15) is 11.4 Å². The van der Waals surface area contributed by atoms with Crippen molar-refractivity contribution in [3.05, 3.63) is 78.4 Å². The molecule has 0 saturated carbocycles. The Kier molecular flexibility index (Phi) is 5.53. The third-order valence-corrected chi connectivity index (χ3v) is 4.40. The van der Waals surface area contributed by atoms with E-state index in [2.05, 4.69) is 42.5 Å². The first kappa shape index (κ1) is 19.3. The number of carbonyl (C=O) groups is 1. The van der Waals surface area contributed by atoms with Crippen molar-refractivity contribution < 1.29 is 4.79 Å². The number of hydrogen-bond acceptors (Lipinski definition) is 6. The molecule has 0 unspecified atom stereocenters. The fourth-order valence-corrected chi connectivity index (χ4v) is 2.90. The third kappa shape index (κ3) is 4.53. The van der Waals surface area contributed by atoms with E-state index in [-0.39, 0.29) is 5.91 Å². The average molecular weight is 421 g/mol. The van der Waals surface area contributed by atoms with Crippen molar-refractivity contribution in [3.8, 4) is 11.4 Å². The Hall–Kier alpha value is -3.98. The number of hydrogen-bond donors (Lipinski definition) is 3. The third-order valence-electron chi connectivity index (χ3n) is 4.13. The minimum Gasteiger partial charge on any atom is -0.323 e. The molecule has 0 atom stereocenters. The van der Waals surface area contributed by atoms with Crippen LogP contribution in [-0.2, 0) is 11.3 Å². The summed E-state index contributed by atoms with van der Waals surface area (Å²) < 4.78 is 1.78. The Morgan fingerprint density at radius 1 is 1.20 bits per heavy atom. The summed E-state index contributed by atoms with van der Waals surface area (Å²) in [6.45, 7) is 4.00. The molecule has 1 aromatic carbocycles. The highest BCUT2D eigenvalue weighted by Gasteiger charge is 2.11. The monoisotopic (exact) mass is 420 g/mol. The van der Waals surface area contributed by atoms with Gasteiger partial charge in [0.05, 0.1) is 29.6 Å². The van der Waals surface area contributed by atoms with Gasteiger partial charge in [0, 0.05) is 18.1 Å². The molecular weight excluding hydrogens is 404 g/mol. The highest BCUT2D eigenvalue weighted by molar-refractivity contribution is 6.32. The number of aromatic amines is 1. The number of nitrogens with one attached hydrogen (secondary N) is 3. The average Bonchev–Trinajstić information content (AvgIpc) is 3.43. The Labute approximate surface area is 176 Å². The van der Waals surface area contributed by atoms with Gasteiger partial charge in [-0.25, -0.2) is 9.97 Å². The number of nitrogens with zero attached hydrogens (tertiary/aromatic N) is 5. The van der Waals surface area contributed by atoms with Gasteiger partial charge < -0.3 is 10.6 Å². The lowest BCUT2D eigenvalue weighted by Crippen LogP contribution is -2.07. The highest BCUT2D eigenvalue weighted by atomic mass is 35.5. The molecule has 150 valence electrons. The molecule has 0 aliphatic heterocycles. The highest BCUT2D eigenvalue weighted by Crippen LogP contribution is 2.25. The Morgan fingerprint density at radius 2 is 2.03 bits per heavy atom. The number of benzene rings is 1. The van der Waals surface area contributed by atoms with Crippen LogP contribution >= 0.6 is 11.6 Å². The molecular formula is C20H17ClN8O. The maximum Gasteiger partial charge on any atom is 0.247 e. The summed E-state index contributed by atoms with van der Waals surface area (Å²) in [7, 11) is 0. The van der Waals surface area contributed by atoms with Gasteiger partial charge in [0.25, 0.3) is 0 Å². The first-order valence-electron chi connectivity index (χ1n) is 8.95. The van der Waals surface area contributed by atoms with E-state index in [0.29, 0.717) is 34.6 Å². The predicted molar refractivity (Wildman–Crippen MR) is 115 cm³/mol. The van der Waals surface area contributed by atoms with Crippen LogP contribution in [0.4, 0.5) is 17.3 Å². The molecule has 0 saturated heterocycles. The van der Waals surface area contributed by atoms with Gasteiger partial charge in [-0.05, 0) is 29.8 Å². The second-order valence-corrected chi connectivity index (χ2v) is 6.70.